The van der Waals surface area contributed by atoms with Crippen molar-refractivity contribution in [1.82, 2.24) is 0 Å². The van der Waals surface area contributed by atoms with E-state index in [1.54, 1.807) is 0 Å². The van der Waals surface area contributed by atoms with E-state index in [0.29, 0.717) is 0 Å². The van der Waals surface area contributed by atoms with E-state index in [2.05, 4.69) is 184 Å². The predicted molar refractivity (Wildman–Crippen MR) is 247 cm³/mol. The molecular formula is C57H36O2. The maximum atomic E-state index is 6.49. The Morgan fingerprint density at radius 3 is 1.66 bits per heavy atom. The third kappa shape index (κ3) is 4.57. The first-order valence-electron chi connectivity index (χ1n) is 20.5. The zero-order chi connectivity index (χ0) is 39.0. The molecule has 0 saturated carbocycles. The molecule has 2 heterocycles. The Bertz CT molecular complexity index is 3690. The minimum absolute atomic E-state index is 0.162. The van der Waals surface area contributed by atoms with Gasteiger partial charge in [0.25, 0.3) is 0 Å². The number of hydrogen-bond acceptors (Lipinski definition) is 2. The Labute approximate surface area is 340 Å². The molecule has 0 atom stereocenters. The molecule has 0 saturated heterocycles. The third-order valence-corrected chi connectivity index (χ3v) is 13.2. The molecule has 1 aliphatic rings. The summed E-state index contributed by atoms with van der Waals surface area (Å²) in [5, 5.41) is 11.9. The molecule has 12 aromatic rings. The average Bonchev–Trinajstić information content (AvgIpc) is 3.91. The van der Waals surface area contributed by atoms with Crippen molar-refractivity contribution in [2.75, 3.05) is 0 Å². The normalized spacial score (nSPS) is 13.4. The molecule has 0 fully saturated rings. The van der Waals surface area contributed by atoms with Gasteiger partial charge < -0.3 is 8.83 Å². The molecule has 0 bridgehead atoms. The van der Waals surface area contributed by atoms with Gasteiger partial charge in [-0.3, -0.25) is 0 Å². The number of furan rings is 2. The highest BCUT2D eigenvalue weighted by Gasteiger charge is 2.36. The van der Waals surface area contributed by atoms with Crippen LogP contribution < -0.4 is 0 Å². The molecule has 2 heteroatoms. The Hall–Kier alpha value is -7.42. The van der Waals surface area contributed by atoms with Crippen molar-refractivity contribution < 1.29 is 8.83 Å². The summed E-state index contributed by atoms with van der Waals surface area (Å²) < 4.78 is 12.7. The monoisotopic (exact) mass is 752 g/mol. The summed E-state index contributed by atoms with van der Waals surface area (Å²) in [4.78, 5) is 0. The van der Waals surface area contributed by atoms with Crippen LogP contribution >= 0.6 is 0 Å². The number of benzene rings is 10. The molecule has 0 N–H and O–H groups in total. The summed E-state index contributed by atoms with van der Waals surface area (Å²) in [6.45, 7) is 4.75. The summed E-state index contributed by atoms with van der Waals surface area (Å²) in [6, 6.07) is 66.6. The highest BCUT2D eigenvalue weighted by Crippen LogP contribution is 2.52. The molecule has 0 unspecified atom stereocenters. The Morgan fingerprint density at radius 1 is 0.322 bits per heavy atom. The highest BCUT2D eigenvalue weighted by atomic mass is 16.3. The molecule has 0 amide bonds. The highest BCUT2D eigenvalue weighted by molar-refractivity contribution is 6.23. The van der Waals surface area contributed by atoms with Gasteiger partial charge in [-0.15, -0.1) is 0 Å². The van der Waals surface area contributed by atoms with E-state index in [9.17, 15) is 0 Å². The molecule has 276 valence electrons. The van der Waals surface area contributed by atoms with Gasteiger partial charge in [0.05, 0.1) is 0 Å². The molecule has 13 rings (SSSR count). The lowest BCUT2D eigenvalue weighted by Crippen LogP contribution is -2.15. The summed E-state index contributed by atoms with van der Waals surface area (Å²) in [5.41, 5.74) is 16.2. The fraction of sp³-hybridized carbons (Fsp3) is 0.0526. The first kappa shape index (κ1) is 32.6. The molecule has 0 spiro atoms. The molecule has 2 aromatic heterocycles. The lowest BCUT2D eigenvalue weighted by molar-refractivity contribution is 0.660. The maximum Gasteiger partial charge on any atom is 0.136 e. The Balaban J connectivity index is 0.954. The van der Waals surface area contributed by atoms with Crippen molar-refractivity contribution >= 4 is 76.2 Å². The first-order valence-corrected chi connectivity index (χ1v) is 20.5. The largest absolute Gasteiger partial charge is 0.456 e. The van der Waals surface area contributed by atoms with Crippen molar-refractivity contribution in [3.05, 3.63) is 193 Å². The quantitative estimate of drug-likeness (QED) is 0.168. The summed E-state index contributed by atoms with van der Waals surface area (Å²) in [6.07, 6.45) is 0. The zero-order valence-electron chi connectivity index (χ0n) is 32.6. The van der Waals surface area contributed by atoms with Crippen LogP contribution in [-0.2, 0) is 5.41 Å². The number of fused-ring (bicyclic) bond motifs is 13. The maximum absolute atomic E-state index is 6.49. The summed E-state index contributed by atoms with van der Waals surface area (Å²) in [7, 11) is 0. The topological polar surface area (TPSA) is 26.3 Å². The van der Waals surface area contributed by atoms with Gasteiger partial charge in [0.15, 0.2) is 0 Å². The summed E-state index contributed by atoms with van der Waals surface area (Å²) >= 11 is 0. The van der Waals surface area contributed by atoms with E-state index in [1.165, 1.54) is 82.6 Å². The van der Waals surface area contributed by atoms with E-state index in [0.717, 1.165) is 49.3 Å². The molecule has 1 aliphatic carbocycles. The van der Waals surface area contributed by atoms with Crippen LogP contribution in [0.3, 0.4) is 0 Å². The number of rotatable bonds is 3. The van der Waals surface area contributed by atoms with E-state index in [1.807, 2.05) is 12.1 Å². The number of para-hydroxylation sites is 1. The van der Waals surface area contributed by atoms with E-state index in [-0.39, 0.29) is 5.41 Å². The second kappa shape index (κ2) is 11.8. The molecule has 0 aliphatic heterocycles. The fourth-order valence-electron chi connectivity index (χ4n) is 10.4. The van der Waals surface area contributed by atoms with E-state index in [4.69, 9.17) is 8.83 Å². The van der Waals surface area contributed by atoms with Crippen LogP contribution in [-0.4, -0.2) is 0 Å². The van der Waals surface area contributed by atoms with E-state index >= 15 is 0 Å². The van der Waals surface area contributed by atoms with Crippen molar-refractivity contribution in [2.24, 2.45) is 0 Å². The van der Waals surface area contributed by atoms with Gasteiger partial charge in [0.2, 0.25) is 0 Å². The smallest absolute Gasteiger partial charge is 0.136 e. The van der Waals surface area contributed by atoms with Crippen molar-refractivity contribution in [3.8, 4) is 44.5 Å². The van der Waals surface area contributed by atoms with Crippen LogP contribution in [0.25, 0.3) is 121 Å². The lowest BCUT2D eigenvalue weighted by Gasteiger charge is -2.22. The zero-order valence-corrected chi connectivity index (χ0v) is 32.6. The Kier molecular flexibility index (Phi) is 6.54. The van der Waals surface area contributed by atoms with Gasteiger partial charge in [-0.2, -0.15) is 0 Å². The fourth-order valence-corrected chi connectivity index (χ4v) is 10.4. The van der Waals surface area contributed by atoms with Crippen LogP contribution in [0.2, 0.25) is 0 Å². The molecular weight excluding hydrogens is 717 g/mol. The third-order valence-electron chi connectivity index (χ3n) is 13.2. The van der Waals surface area contributed by atoms with Crippen LogP contribution in [0.5, 0.6) is 0 Å². The lowest BCUT2D eigenvalue weighted by atomic mass is 9.81. The standard InChI is InChI=1S/C57H36O2/c1-57(2)48-25-21-37(55-41-16-8-6-14-39(41)54(33-12-4-3-5-13-33)40-15-7-9-17-42(40)55)29-45(48)38-24-20-35(30-49(38)57)34-22-26-51-46(28-34)47-32-44-36(31-53(47)59-51)23-27-52-56(44)43-18-10-11-19-50(43)58-52/h3-32H,1-2H3. The van der Waals surface area contributed by atoms with Crippen LogP contribution in [0, 0.1) is 0 Å². The van der Waals surface area contributed by atoms with Gasteiger partial charge in [0.1, 0.15) is 22.3 Å². The predicted octanol–water partition coefficient (Wildman–Crippen LogP) is 16.3. The second-order valence-corrected chi connectivity index (χ2v) is 16.8. The molecule has 59 heavy (non-hydrogen) atoms. The van der Waals surface area contributed by atoms with Gasteiger partial charge >= 0.3 is 0 Å². The van der Waals surface area contributed by atoms with Crippen LogP contribution in [0.15, 0.2) is 191 Å². The molecule has 10 aromatic carbocycles. The van der Waals surface area contributed by atoms with Crippen molar-refractivity contribution in [3.63, 3.8) is 0 Å². The first-order chi connectivity index (χ1) is 29.0. The molecule has 0 radical (unpaired) electrons. The number of hydrogen-bond donors (Lipinski definition) is 0. The van der Waals surface area contributed by atoms with Crippen LogP contribution in [0.4, 0.5) is 0 Å². The minimum atomic E-state index is -0.162. The Morgan fingerprint density at radius 2 is 0.898 bits per heavy atom. The summed E-state index contributed by atoms with van der Waals surface area (Å²) in [5.74, 6) is 0. The van der Waals surface area contributed by atoms with E-state index < -0.39 is 0 Å². The van der Waals surface area contributed by atoms with Gasteiger partial charge in [-0.25, -0.2) is 0 Å². The van der Waals surface area contributed by atoms with Crippen molar-refractivity contribution in [2.45, 2.75) is 19.3 Å². The van der Waals surface area contributed by atoms with Gasteiger partial charge in [-0.1, -0.05) is 147 Å². The minimum Gasteiger partial charge on any atom is -0.456 e. The van der Waals surface area contributed by atoms with Crippen molar-refractivity contribution in [1.29, 1.82) is 0 Å². The van der Waals surface area contributed by atoms with Crippen LogP contribution in [0.1, 0.15) is 25.0 Å². The second-order valence-electron chi connectivity index (χ2n) is 16.8. The molecule has 2 nitrogen and oxygen atoms in total. The average molecular weight is 753 g/mol. The van der Waals surface area contributed by atoms with Gasteiger partial charge in [-0.05, 0) is 136 Å². The van der Waals surface area contributed by atoms with Gasteiger partial charge in [0, 0.05) is 27.0 Å². The SMILES string of the molecule is CC1(C)c2ccc(-c3c4ccccc4c(-c4ccccc4)c4ccccc34)cc2-c2ccc(-c3ccc4oc5cc6ccc7oc8ccccc8c7c6cc5c4c3)cc21.